The van der Waals surface area contributed by atoms with Crippen LogP contribution in [-0.4, -0.2) is 0 Å². The quantitative estimate of drug-likeness (QED) is 0.121. The first-order chi connectivity index (χ1) is 85.2. The highest BCUT2D eigenvalue weighted by molar-refractivity contribution is 6.28. The van der Waals surface area contributed by atoms with Crippen LogP contribution in [0.15, 0.2) is 539 Å². The number of hydrogen-bond donors (Lipinski definition) is 0. The number of benzene rings is 26. The van der Waals surface area contributed by atoms with Crippen molar-refractivity contribution in [1.82, 2.24) is 0 Å². The first-order valence-corrected chi connectivity index (χ1v) is 46.7. The summed E-state index contributed by atoms with van der Waals surface area (Å²) in [6.07, 6.45) is 0. The Morgan fingerprint density at radius 3 is 1.01 bits per heavy atom. The largest absolute Gasteiger partial charge is 0.456 e. The van der Waals surface area contributed by atoms with Crippen molar-refractivity contribution in [1.29, 1.82) is 0 Å². The maximum Gasteiger partial charge on any atom is 0.143 e. The van der Waals surface area contributed by atoms with Gasteiger partial charge >= 0.3 is 0 Å². The Kier molecular flexibility index (Phi) is 13.5. The molecule has 4 heteroatoms. The Morgan fingerprint density at radius 2 is 0.472 bits per heavy atom. The standard InChI is InChI=1S/C58H34O2.C44H28O.C38H24O/c1-3-18-39-35(15-1)17-13-26-43(39)56-46-24-7-5-22-44(46)55(45-23-6-8-25-47(45)56)38-31-36-16-2-4-19-40(36)50(34-38)37-32-51-42-21-10-12-30-54(42)60-58(51)52(33-37)49-28-14-27-48-41-20-9-11-29-53(41)59-57(48)49;1-3-13-29(14-4-1)33-27-28-40-44(38-21-11-12-22-39(38)45-40)43(33)32-25-23-31(24-26-32)42-36-19-9-7-17-34(36)41(30-15-5-2-6-16-30)35-18-8-10-20-37(35)42;1-2-11-26(12-3-1)36-29-13-4-6-15-31(29)37(32-16-7-5-14-30(32)36)27-23-21-25(22-24-27)28-18-10-20-35-38(28)33-17-8-9-19-34(33)39-35/h1-34H;1-28H;1-24H/i5D,6D,7D,8D,22D,23D,24D,25D;2D,5D,6D,7D,8D,9D,10D,15D,16D,17D,18D,19D,20D;4D,5D,6D,7D,13D,14D,15D,16D,21D,22D,23D,24D. The predicted molar refractivity (Wildman–Crippen MR) is 608 cm³/mol. The van der Waals surface area contributed by atoms with Crippen molar-refractivity contribution in [3.63, 3.8) is 0 Å². The fourth-order valence-electron chi connectivity index (χ4n) is 21.1. The van der Waals surface area contributed by atoms with Crippen molar-refractivity contribution < 1.29 is 62.9 Å². The van der Waals surface area contributed by atoms with E-state index in [4.69, 9.17) is 46.5 Å². The minimum absolute atomic E-state index is 0.0239. The van der Waals surface area contributed by atoms with Gasteiger partial charge < -0.3 is 17.7 Å². The maximum atomic E-state index is 9.69. The minimum Gasteiger partial charge on any atom is -0.456 e. The molecule has 0 spiro atoms. The van der Waals surface area contributed by atoms with E-state index in [0.29, 0.717) is 72.1 Å². The van der Waals surface area contributed by atoms with Crippen molar-refractivity contribution in [3.8, 4) is 122 Å². The van der Waals surface area contributed by atoms with Gasteiger partial charge in [0.05, 0.1) is 45.2 Å². The first kappa shape index (κ1) is 56.2. The summed E-state index contributed by atoms with van der Waals surface area (Å²) in [7, 11) is 0. The molecule has 0 fully saturated rings. The van der Waals surface area contributed by atoms with Crippen LogP contribution in [0.2, 0.25) is 0 Å². The Hall–Kier alpha value is -19.0. The smallest absolute Gasteiger partial charge is 0.143 e. The summed E-state index contributed by atoms with van der Waals surface area (Å²) in [4.78, 5) is 0. The third-order valence-corrected chi connectivity index (χ3v) is 27.3. The van der Waals surface area contributed by atoms with E-state index in [1.165, 1.54) is 0 Å². The second-order valence-electron chi connectivity index (χ2n) is 35.1. The average Bonchev–Trinajstić information content (AvgIpc) is 1.28. The van der Waals surface area contributed by atoms with Crippen molar-refractivity contribution >= 4 is 174 Å². The molecule has 0 saturated carbocycles. The zero-order chi connectivity index (χ0) is 124. The molecular weight excluding hydrogens is 1750 g/mol. The Labute approximate surface area is 876 Å². The van der Waals surface area contributed by atoms with Crippen molar-refractivity contribution in [2.45, 2.75) is 0 Å². The lowest BCUT2D eigenvalue weighted by Gasteiger charge is -2.20. The van der Waals surface area contributed by atoms with E-state index >= 15 is 0 Å². The van der Waals surface area contributed by atoms with Gasteiger partial charge in [-0.25, -0.2) is 0 Å². The van der Waals surface area contributed by atoms with E-state index in [1.54, 1.807) is 66.7 Å². The van der Waals surface area contributed by atoms with Crippen molar-refractivity contribution in [2.24, 2.45) is 0 Å². The summed E-state index contributed by atoms with van der Waals surface area (Å²) in [6, 6.07) is 83.2. The lowest BCUT2D eigenvalue weighted by Crippen LogP contribution is -1.93. The molecular formula is C140H86O4. The summed E-state index contributed by atoms with van der Waals surface area (Å²) in [5.41, 5.74) is 13.8. The molecule has 30 rings (SSSR count). The maximum absolute atomic E-state index is 9.69. The van der Waals surface area contributed by atoms with Gasteiger partial charge in [0, 0.05) is 59.8 Å². The predicted octanol–water partition coefficient (Wildman–Crippen LogP) is 40.2. The fraction of sp³-hybridized carbons (Fsp3) is 0. The molecule has 26 aromatic carbocycles. The van der Waals surface area contributed by atoms with Crippen LogP contribution in [0.5, 0.6) is 0 Å². The molecule has 0 N–H and O–H groups in total. The number of rotatable bonds is 11. The third-order valence-electron chi connectivity index (χ3n) is 27.3. The van der Waals surface area contributed by atoms with E-state index in [-0.39, 0.29) is 128 Å². The molecule has 4 nitrogen and oxygen atoms in total. The van der Waals surface area contributed by atoms with E-state index in [9.17, 15) is 16.4 Å². The van der Waals surface area contributed by atoms with Crippen LogP contribution < -0.4 is 0 Å². The summed E-state index contributed by atoms with van der Waals surface area (Å²) in [6.45, 7) is 0. The number of fused-ring (bicyclic) bond motifs is 20. The zero-order valence-corrected chi connectivity index (χ0v) is 75.7. The molecule has 0 aliphatic rings. The molecule has 670 valence electrons. The summed E-state index contributed by atoms with van der Waals surface area (Å²) < 4.78 is 323. The molecule has 144 heavy (non-hydrogen) atoms. The normalized spacial score (nSPS) is 15.0. The zero-order valence-electron chi connectivity index (χ0n) is 109. The Balaban J connectivity index is 0.000000123. The second-order valence-corrected chi connectivity index (χ2v) is 35.1. The molecule has 0 unspecified atom stereocenters. The Morgan fingerprint density at radius 1 is 0.132 bits per heavy atom. The van der Waals surface area contributed by atoms with E-state index < -0.39 is 181 Å². The van der Waals surface area contributed by atoms with Crippen molar-refractivity contribution in [2.75, 3.05) is 0 Å². The molecule has 0 amide bonds. The second kappa shape index (κ2) is 34.6. The van der Waals surface area contributed by atoms with Gasteiger partial charge in [-0.3, -0.25) is 0 Å². The molecule has 0 radical (unpaired) electrons. The average molecular weight is 1870 g/mol. The van der Waals surface area contributed by atoms with Gasteiger partial charge in [0.25, 0.3) is 0 Å². The van der Waals surface area contributed by atoms with Gasteiger partial charge in [-0.1, -0.05) is 460 Å². The number of furan rings is 4. The topological polar surface area (TPSA) is 52.6 Å². The van der Waals surface area contributed by atoms with Gasteiger partial charge in [-0.15, -0.1) is 0 Å². The molecule has 0 saturated heterocycles. The van der Waals surface area contributed by atoms with Crippen LogP contribution in [0.1, 0.15) is 45.2 Å². The molecule has 0 bridgehead atoms. The van der Waals surface area contributed by atoms with Gasteiger partial charge in [0.2, 0.25) is 0 Å². The van der Waals surface area contributed by atoms with Crippen LogP contribution >= 0.6 is 0 Å². The van der Waals surface area contributed by atoms with Crippen LogP contribution in [0.4, 0.5) is 0 Å². The SMILES string of the molecule is [2H]c1c([2H])c(-c2cccc3oc4ccccc4c23)c([2H])c([2H])c1-c1c2c([2H])c([2H])c([2H])c([2H])c2c(-c2ccccc2)c2c([2H])c([2H])c([2H])c([2H])c12.[2H]c1c([2H])c([2H])c(-c2c3c([2H])c([2H])c([2H])c([2H])c3c(-c3ccc(-c4c(-c5ccccc5)ccc5oc6ccccc6c45)cc3)c3c([2H])c([2H])c([2H])c([2H])c23)c([2H])c1[2H].[2H]c1c([2H])c([2H])c2c(-c3cccc4ccccc34)c3c([2H])c([2H])c([2H])c([2H])c3c(-c3cc(-c4cc(-c5cccc6c5oc5ccccc56)c5oc6ccccc6c5c4)c4ccccc4c3)c2c1[2H]. The summed E-state index contributed by atoms with van der Waals surface area (Å²) in [5.74, 6) is 0. The highest BCUT2D eigenvalue weighted by Crippen LogP contribution is 2.54. The monoisotopic (exact) mass is 1860 g/mol. The molecule has 0 aliphatic carbocycles. The molecule has 4 aromatic heterocycles. The lowest BCUT2D eigenvalue weighted by molar-refractivity contribution is 0.665. The van der Waals surface area contributed by atoms with Crippen LogP contribution in [0, 0.1) is 0 Å². The van der Waals surface area contributed by atoms with Crippen LogP contribution in [-0.2, 0) is 0 Å². The van der Waals surface area contributed by atoms with Gasteiger partial charge in [-0.05, 0) is 253 Å². The summed E-state index contributed by atoms with van der Waals surface area (Å²) in [5, 5.41) is 9.61. The fourth-order valence-corrected chi connectivity index (χ4v) is 21.1. The van der Waals surface area contributed by atoms with Gasteiger partial charge in [0.15, 0.2) is 0 Å². The highest BCUT2D eigenvalue weighted by atomic mass is 16.3. The first-order valence-electron chi connectivity index (χ1n) is 63.2. The number of para-hydroxylation sites is 5. The lowest BCUT2D eigenvalue weighted by atomic mass is 9.83. The van der Waals surface area contributed by atoms with Crippen molar-refractivity contribution in [3.05, 3.63) is 521 Å². The molecule has 0 aliphatic heterocycles. The highest BCUT2D eigenvalue weighted by Gasteiger charge is 2.27. The minimum atomic E-state index is -0.714. The van der Waals surface area contributed by atoms with Crippen LogP contribution in [0.25, 0.3) is 296 Å². The Bertz CT molecular complexity index is 12300. The van der Waals surface area contributed by atoms with E-state index in [2.05, 4.69) is 24.3 Å². The van der Waals surface area contributed by atoms with E-state index in [0.717, 1.165) is 115 Å². The number of hydrogen-bond acceptors (Lipinski definition) is 4. The van der Waals surface area contributed by atoms with Gasteiger partial charge in [0.1, 0.15) is 44.7 Å². The summed E-state index contributed by atoms with van der Waals surface area (Å²) >= 11 is 0. The third kappa shape index (κ3) is 13.8. The molecule has 30 aromatic rings. The van der Waals surface area contributed by atoms with Crippen LogP contribution in [0.3, 0.4) is 0 Å². The molecule has 4 heterocycles. The molecule has 0 atom stereocenters. The van der Waals surface area contributed by atoms with Gasteiger partial charge in [-0.2, -0.15) is 0 Å². The van der Waals surface area contributed by atoms with E-state index in [1.807, 2.05) is 231 Å².